The minimum Gasteiger partial charge on any atom is -0.341 e. The number of hydrogen-bond donors (Lipinski definition) is 0. The van der Waals surface area contributed by atoms with E-state index in [1.54, 1.807) is 0 Å². The van der Waals surface area contributed by atoms with E-state index in [4.69, 9.17) is 5.26 Å². The number of carbonyl (C=O) groups is 1. The summed E-state index contributed by atoms with van der Waals surface area (Å²) < 4.78 is 0. The second-order valence-electron chi connectivity index (χ2n) is 4.13. The van der Waals surface area contributed by atoms with E-state index in [1.807, 2.05) is 4.90 Å². The van der Waals surface area contributed by atoms with Crippen LogP contribution < -0.4 is 0 Å². The lowest BCUT2D eigenvalue weighted by Gasteiger charge is -2.29. The van der Waals surface area contributed by atoms with E-state index in [-0.39, 0.29) is 11.8 Å². The number of carbonyl (C=O) groups excluding carboxylic acids is 1. The Labute approximate surface area is 78.3 Å². The zero-order chi connectivity index (χ0) is 9.26. The fourth-order valence-electron chi connectivity index (χ4n) is 2.02. The Morgan fingerprint density at radius 1 is 1.54 bits per heavy atom. The van der Waals surface area contributed by atoms with Gasteiger partial charge >= 0.3 is 0 Å². The zero-order valence-electron chi connectivity index (χ0n) is 7.70. The molecule has 0 radical (unpaired) electrons. The van der Waals surface area contributed by atoms with Gasteiger partial charge in [-0.25, -0.2) is 0 Å². The molecular weight excluding hydrogens is 164 g/mol. The molecule has 1 atom stereocenters. The fourth-order valence-corrected chi connectivity index (χ4v) is 2.02. The highest BCUT2D eigenvalue weighted by atomic mass is 16.2. The largest absolute Gasteiger partial charge is 0.341 e. The Balaban J connectivity index is 1.86. The maximum atomic E-state index is 11.4. The SMILES string of the molecule is N#C[C@H]1CC(=O)N(CC2CCC2)C1. The van der Waals surface area contributed by atoms with E-state index in [0.29, 0.717) is 13.0 Å². The van der Waals surface area contributed by atoms with Crippen LogP contribution >= 0.6 is 0 Å². The van der Waals surface area contributed by atoms with Crippen molar-refractivity contribution in [2.24, 2.45) is 11.8 Å². The van der Waals surface area contributed by atoms with Gasteiger partial charge in [-0.3, -0.25) is 4.79 Å². The van der Waals surface area contributed by atoms with Gasteiger partial charge in [0.25, 0.3) is 0 Å². The van der Waals surface area contributed by atoms with Crippen molar-refractivity contribution in [3.63, 3.8) is 0 Å². The predicted molar refractivity (Wildman–Crippen MR) is 47.6 cm³/mol. The van der Waals surface area contributed by atoms with Crippen molar-refractivity contribution in [1.29, 1.82) is 5.26 Å². The summed E-state index contributed by atoms with van der Waals surface area (Å²) in [4.78, 5) is 13.3. The molecule has 0 unspecified atom stereocenters. The van der Waals surface area contributed by atoms with Gasteiger partial charge in [-0.15, -0.1) is 0 Å². The lowest BCUT2D eigenvalue weighted by molar-refractivity contribution is -0.128. The van der Waals surface area contributed by atoms with Crippen molar-refractivity contribution in [1.82, 2.24) is 4.90 Å². The van der Waals surface area contributed by atoms with E-state index in [1.165, 1.54) is 19.3 Å². The zero-order valence-corrected chi connectivity index (χ0v) is 7.70. The minimum absolute atomic E-state index is 0.0485. The maximum Gasteiger partial charge on any atom is 0.224 e. The Morgan fingerprint density at radius 3 is 2.77 bits per heavy atom. The van der Waals surface area contributed by atoms with Crippen LogP contribution in [0.25, 0.3) is 0 Å². The molecule has 2 fully saturated rings. The molecule has 1 amide bonds. The first-order valence-electron chi connectivity index (χ1n) is 4.97. The third kappa shape index (κ3) is 1.67. The summed E-state index contributed by atoms with van der Waals surface area (Å²) in [5.41, 5.74) is 0. The van der Waals surface area contributed by atoms with Gasteiger partial charge in [-0.2, -0.15) is 5.26 Å². The Morgan fingerprint density at radius 2 is 2.31 bits per heavy atom. The number of nitrogens with zero attached hydrogens (tertiary/aromatic N) is 2. The molecule has 3 heteroatoms. The van der Waals surface area contributed by atoms with Crippen LogP contribution in [0.5, 0.6) is 0 Å². The molecule has 1 saturated carbocycles. The van der Waals surface area contributed by atoms with Gasteiger partial charge in [0.1, 0.15) is 0 Å². The summed E-state index contributed by atoms with van der Waals surface area (Å²) in [6.07, 6.45) is 4.29. The molecule has 0 aromatic carbocycles. The molecule has 13 heavy (non-hydrogen) atoms. The summed E-state index contributed by atoms with van der Waals surface area (Å²) in [6, 6.07) is 2.17. The molecule has 70 valence electrons. The standard InChI is InChI=1S/C10H14N2O/c11-5-9-4-10(13)12(7-9)6-8-2-1-3-8/h8-9H,1-4,6-7H2/t9-/m1/s1. The Bertz CT molecular complexity index is 252. The molecule has 1 saturated heterocycles. The van der Waals surface area contributed by atoms with Gasteiger partial charge in [-0.1, -0.05) is 6.42 Å². The van der Waals surface area contributed by atoms with Crippen LogP contribution in [-0.2, 0) is 4.79 Å². The van der Waals surface area contributed by atoms with Crippen molar-refractivity contribution in [3.05, 3.63) is 0 Å². The summed E-state index contributed by atoms with van der Waals surface area (Å²) in [6.45, 7) is 1.57. The lowest BCUT2D eigenvalue weighted by atomic mass is 9.85. The average Bonchev–Trinajstić information content (AvgIpc) is 2.39. The highest BCUT2D eigenvalue weighted by Crippen LogP contribution is 2.29. The van der Waals surface area contributed by atoms with Crippen molar-refractivity contribution < 1.29 is 4.79 Å². The van der Waals surface area contributed by atoms with E-state index in [9.17, 15) is 4.79 Å². The fraction of sp³-hybridized carbons (Fsp3) is 0.800. The Hall–Kier alpha value is -1.04. The van der Waals surface area contributed by atoms with Gasteiger partial charge in [-0.05, 0) is 18.8 Å². The van der Waals surface area contributed by atoms with E-state index in [2.05, 4.69) is 6.07 Å². The van der Waals surface area contributed by atoms with Crippen LogP contribution in [-0.4, -0.2) is 23.9 Å². The van der Waals surface area contributed by atoms with Crippen LogP contribution in [0.15, 0.2) is 0 Å². The van der Waals surface area contributed by atoms with Gasteiger partial charge in [0.2, 0.25) is 5.91 Å². The topological polar surface area (TPSA) is 44.1 Å². The van der Waals surface area contributed by atoms with Crippen LogP contribution in [0.4, 0.5) is 0 Å². The molecular formula is C10H14N2O. The molecule has 0 aromatic heterocycles. The molecule has 0 N–H and O–H groups in total. The quantitative estimate of drug-likeness (QED) is 0.636. The minimum atomic E-state index is -0.0485. The molecule has 0 spiro atoms. The second-order valence-corrected chi connectivity index (χ2v) is 4.13. The van der Waals surface area contributed by atoms with Crippen LogP contribution in [0.2, 0.25) is 0 Å². The number of nitriles is 1. The van der Waals surface area contributed by atoms with E-state index < -0.39 is 0 Å². The van der Waals surface area contributed by atoms with Crippen molar-refractivity contribution in [3.8, 4) is 6.07 Å². The normalized spacial score (nSPS) is 28.7. The van der Waals surface area contributed by atoms with Crippen molar-refractivity contribution in [2.45, 2.75) is 25.7 Å². The van der Waals surface area contributed by atoms with Crippen LogP contribution in [0, 0.1) is 23.2 Å². The molecule has 1 aliphatic carbocycles. The number of hydrogen-bond acceptors (Lipinski definition) is 2. The third-order valence-corrected chi connectivity index (χ3v) is 3.10. The van der Waals surface area contributed by atoms with Crippen LogP contribution in [0.3, 0.4) is 0 Å². The van der Waals surface area contributed by atoms with Gasteiger partial charge in [0.15, 0.2) is 0 Å². The first-order chi connectivity index (χ1) is 6.29. The molecule has 1 heterocycles. The summed E-state index contributed by atoms with van der Waals surface area (Å²) >= 11 is 0. The highest BCUT2D eigenvalue weighted by Gasteiger charge is 2.32. The molecule has 0 aromatic rings. The summed E-state index contributed by atoms with van der Waals surface area (Å²) in [5.74, 6) is 0.854. The lowest BCUT2D eigenvalue weighted by Crippen LogP contribution is -2.33. The maximum absolute atomic E-state index is 11.4. The number of rotatable bonds is 2. The van der Waals surface area contributed by atoms with E-state index >= 15 is 0 Å². The molecule has 2 rings (SSSR count). The Kier molecular flexibility index (Phi) is 2.22. The number of likely N-dealkylation sites (tertiary alicyclic amines) is 1. The van der Waals surface area contributed by atoms with Crippen molar-refractivity contribution >= 4 is 5.91 Å². The van der Waals surface area contributed by atoms with Gasteiger partial charge in [0, 0.05) is 19.5 Å². The monoisotopic (exact) mass is 178 g/mol. The average molecular weight is 178 g/mol. The molecule has 0 bridgehead atoms. The smallest absolute Gasteiger partial charge is 0.224 e. The summed E-state index contributed by atoms with van der Waals surface area (Å²) in [5, 5.41) is 8.68. The van der Waals surface area contributed by atoms with Gasteiger partial charge in [0.05, 0.1) is 12.0 Å². The van der Waals surface area contributed by atoms with Crippen molar-refractivity contribution in [2.75, 3.05) is 13.1 Å². The molecule has 3 nitrogen and oxygen atoms in total. The highest BCUT2D eigenvalue weighted by molar-refractivity contribution is 5.79. The second kappa shape index (κ2) is 3.37. The van der Waals surface area contributed by atoms with E-state index in [0.717, 1.165) is 12.5 Å². The molecule has 2 aliphatic rings. The number of amides is 1. The predicted octanol–water partition coefficient (Wildman–Crippen LogP) is 1.16. The summed E-state index contributed by atoms with van der Waals surface area (Å²) in [7, 11) is 0. The first-order valence-corrected chi connectivity index (χ1v) is 4.97. The third-order valence-electron chi connectivity index (χ3n) is 3.10. The molecule has 1 aliphatic heterocycles. The van der Waals surface area contributed by atoms with Gasteiger partial charge < -0.3 is 4.90 Å². The van der Waals surface area contributed by atoms with Crippen LogP contribution in [0.1, 0.15) is 25.7 Å². The first kappa shape index (κ1) is 8.55.